The van der Waals surface area contributed by atoms with E-state index in [1.165, 1.54) is 22.3 Å². The fourth-order valence-corrected chi connectivity index (χ4v) is 4.14. The Bertz CT molecular complexity index is 800. The quantitative estimate of drug-likeness (QED) is 0.919. The van der Waals surface area contributed by atoms with Crippen LogP contribution in [0, 0.1) is 6.92 Å². The van der Waals surface area contributed by atoms with Crippen molar-refractivity contribution in [3.8, 4) is 17.2 Å². The topological polar surface area (TPSA) is 41.9 Å². The van der Waals surface area contributed by atoms with Crippen LogP contribution in [0.4, 0.5) is 0 Å². The van der Waals surface area contributed by atoms with Gasteiger partial charge in [0.05, 0.1) is 14.2 Å². The highest BCUT2D eigenvalue weighted by atomic mass is 16.5. The van der Waals surface area contributed by atoms with Crippen molar-refractivity contribution in [3.63, 3.8) is 0 Å². The lowest BCUT2D eigenvalue weighted by molar-refractivity contribution is 0.157. The van der Waals surface area contributed by atoms with E-state index in [0.717, 1.165) is 43.0 Å². The third-order valence-corrected chi connectivity index (χ3v) is 5.45. The lowest BCUT2D eigenvalue weighted by atomic mass is 9.83. The second-order valence-electron chi connectivity index (χ2n) is 6.72. The van der Waals surface area contributed by atoms with E-state index in [2.05, 4.69) is 17.0 Å². The Labute approximate surface area is 142 Å². The van der Waals surface area contributed by atoms with Crippen LogP contribution in [-0.4, -0.2) is 30.8 Å². The maximum absolute atomic E-state index is 10.0. The van der Waals surface area contributed by atoms with Crippen molar-refractivity contribution >= 4 is 0 Å². The van der Waals surface area contributed by atoms with E-state index in [1.807, 2.05) is 19.1 Å². The molecule has 0 bridgehead atoms. The van der Waals surface area contributed by atoms with Crippen LogP contribution >= 0.6 is 0 Å². The summed E-state index contributed by atoms with van der Waals surface area (Å²) >= 11 is 0. The third-order valence-electron chi connectivity index (χ3n) is 5.45. The molecule has 4 rings (SSSR count). The number of aromatic hydroxyl groups is 1. The van der Waals surface area contributed by atoms with E-state index in [0.29, 0.717) is 11.8 Å². The molecule has 0 unspecified atom stereocenters. The van der Waals surface area contributed by atoms with Gasteiger partial charge in [-0.05, 0) is 54.2 Å². The van der Waals surface area contributed by atoms with Gasteiger partial charge in [0.15, 0.2) is 11.5 Å². The predicted octanol–water partition coefficient (Wildman–Crippen LogP) is 3.37. The number of methoxy groups -OCH3 is 2. The zero-order chi connectivity index (χ0) is 16.8. The summed E-state index contributed by atoms with van der Waals surface area (Å²) in [5.74, 6) is 2.07. The molecule has 0 saturated heterocycles. The average Bonchev–Trinajstić information content (AvgIpc) is 2.60. The molecule has 24 heavy (non-hydrogen) atoms. The summed E-state index contributed by atoms with van der Waals surface area (Å²) in [6.07, 6.45) is 1.94. The second kappa shape index (κ2) is 5.71. The molecule has 0 saturated carbocycles. The minimum atomic E-state index is 0.374. The molecule has 1 atom stereocenters. The normalized spacial score (nSPS) is 19.2. The van der Waals surface area contributed by atoms with Crippen LogP contribution in [-0.2, 0) is 19.4 Å². The van der Waals surface area contributed by atoms with Crippen LogP contribution in [0.25, 0.3) is 0 Å². The number of aryl methyl sites for hydroxylation is 1. The first-order valence-corrected chi connectivity index (χ1v) is 8.41. The fraction of sp³-hybridized carbons (Fsp3) is 0.400. The fourth-order valence-electron chi connectivity index (χ4n) is 4.14. The van der Waals surface area contributed by atoms with Gasteiger partial charge in [-0.3, -0.25) is 4.90 Å². The maximum atomic E-state index is 10.0. The largest absolute Gasteiger partial charge is 0.508 e. The van der Waals surface area contributed by atoms with Gasteiger partial charge in [-0.25, -0.2) is 0 Å². The van der Waals surface area contributed by atoms with Crippen molar-refractivity contribution in [2.24, 2.45) is 0 Å². The van der Waals surface area contributed by atoms with Crippen LogP contribution in [0.2, 0.25) is 0 Å². The second-order valence-corrected chi connectivity index (χ2v) is 6.72. The van der Waals surface area contributed by atoms with Gasteiger partial charge in [0.2, 0.25) is 0 Å². The highest BCUT2D eigenvalue weighted by Crippen LogP contribution is 2.44. The number of fused-ring (bicyclic) bond motifs is 4. The Morgan fingerprint density at radius 2 is 1.96 bits per heavy atom. The van der Waals surface area contributed by atoms with Gasteiger partial charge in [-0.15, -0.1) is 0 Å². The SMILES string of the molecule is COc1ccc2c(c1OC)CN1CCc3cc(O)c(C)cc3[C@H]1C2. The van der Waals surface area contributed by atoms with E-state index in [1.54, 1.807) is 14.2 Å². The van der Waals surface area contributed by atoms with Gasteiger partial charge in [-0.2, -0.15) is 0 Å². The number of benzene rings is 2. The molecule has 0 aromatic heterocycles. The summed E-state index contributed by atoms with van der Waals surface area (Å²) in [6.45, 7) is 3.85. The van der Waals surface area contributed by atoms with Crippen molar-refractivity contribution in [2.75, 3.05) is 20.8 Å². The Morgan fingerprint density at radius 3 is 2.71 bits per heavy atom. The van der Waals surface area contributed by atoms with E-state index < -0.39 is 0 Å². The van der Waals surface area contributed by atoms with Crippen molar-refractivity contribution in [3.05, 3.63) is 52.1 Å². The summed E-state index contributed by atoms with van der Waals surface area (Å²) in [5.41, 5.74) is 6.16. The monoisotopic (exact) mass is 325 g/mol. The van der Waals surface area contributed by atoms with Crippen LogP contribution in [0.15, 0.2) is 24.3 Å². The zero-order valence-corrected chi connectivity index (χ0v) is 14.4. The number of nitrogens with zero attached hydrogens (tertiary/aromatic N) is 1. The number of rotatable bonds is 2. The van der Waals surface area contributed by atoms with Gasteiger partial charge in [0, 0.05) is 24.7 Å². The van der Waals surface area contributed by atoms with Gasteiger partial charge in [0.25, 0.3) is 0 Å². The molecule has 1 N–H and O–H groups in total. The average molecular weight is 325 g/mol. The van der Waals surface area contributed by atoms with Crippen molar-refractivity contribution in [1.29, 1.82) is 0 Å². The van der Waals surface area contributed by atoms with Crippen LogP contribution in [0.1, 0.15) is 33.9 Å². The highest BCUT2D eigenvalue weighted by Gasteiger charge is 2.34. The molecule has 4 nitrogen and oxygen atoms in total. The summed E-state index contributed by atoms with van der Waals surface area (Å²) < 4.78 is 11.1. The summed E-state index contributed by atoms with van der Waals surface area (Å²) in [7, 11) is 3.39. The molecule has 0 spiro atoms. The van der Waals surface area contributed by atoms with Gasteiger partial charge in [0.1, 0.15) is 5.75 Å². The number of phenolic OH excluding ortho intramolecular Hbond substituents is 1. The van der Waals surface area contributed by atoms with E-state index in [9.17, 15) is 5.11 Å². The molecule has 0 radical (unpaired) electrons. The van der Waals surface area contributed by atoms with Crippen molar-refractivity contribution in [2.45, 2.75) is 32.4 Å². The Morgan fingerprint density at radius 1 is 1.12 bits per heavy atom. The van der Waals surface area contributed by atoms with Gasteiger partial charge in [-0.1, -0.05) is 12.1 Å². The van der Waals surface area contributed by atoms with Crippen LogP contribution < -0.4 is 9.47 Å². The molecule has 2 aromatic rings. The molecular weight excluding hydrogens is 302 g/mol. The first-order valence-electron chi connectivity index (χ1n) is 8.41. The molecule has 2 aliphatic heterocycles. The lowest BCUT2D eigenvalue weighted by Crippen LogP contribution is -2.39. The number of ether oxygens (including phenoxy) is 2. The molecule has 2 aromatic carbocycles. The van der Waals surface area contributed by atoms with Gasteiger partial charge < -0.3 is 14.6 Å². The Balaban J connectivity index is 1.78. The molecular formula is C20H23NO3. The van der Waals surface area contributed by atoms with Crippen LogP contribution in [0.3, 0.4) is 0 Å². The van der Waals surface area contributed by atoms with Crippen LogP contribution in [0.5, 0.6) is 17.2 Å². The standard InChI is InChI=1S/C20H23NO3/c1-12-8-15-14(10-18(12)22)6-7-21-11-16-13(9-17(15)21)4-5-19(23-2)20(16)24-3/h4-5,8,10,17,22H,6-7,9,11H2,1-3H3/t17-/m1/s1. The predicted molar refractivity (Wildman–Crippen MR) is 92.9 cm³/mol. The Hall–Kier alpha value is -2.20. The highest BCUT2D eigenvalue weighted by molar-refractivity contribution is 5.53. The minimum absolute atomic E-state index is 0.374. The molecule has 0 amide bonds. The summed E-state index contributed by atoms with van der Waals surface area (Å²) in [5, 5.41) is 10.0. The molecule has 0 fully saturated rings. The van der Waals surface area contributed by atoms with Crippen molar-refractivity contribution < 1.29 is 14.6 Å². The number of hydrogen-bond acceptors (Lipinski definition) is 4. The maximum Gasteiger partial charge on any atom is 0.165 e. The molecule has 126 valence electrons. The number of hydrogen-bond donors (Lipinski definition) is 1. The van der Waals surface area contributed by atoms with E-state index in [-0.39, 0.29) is 0 Å². The van der Waals surface area contributed by atoms with E-state index >= 15 is 0 Å². The molecule has 2 aliphatic rings. The smallest absolute Gasteiger partial charge is 0.165 e. The molecule has 2 heterocycles. The van der Waals surface area contributed by atoms with Gasteiger partial charge >= 0.3 is 0 Å². The summed E-state index contributed by atoms with van der Waals surface area (Å²) in [4.78, 5) is 2.52. The molecule has 0 aliphatic carbocycles. The summed E-state index contributed by atoms with van der Waals surface area (Å²) in [6, 6.07) is 8.65. The van der Waals surface area contributed by atoms with E-state index in [4.69, 9.17) is 9.47 Å². The molecule has 4 heteroatoms. The lowest BCUT2D eigenvalue weighted by Gasteiger charge is -2.42. The third kappa shape index (κ3) is 2.25. The zero-order valence-electron chi connectivity index (χ0n) is 14.4. The Kier molecular flexibility index (Phi) is 3.65. The first-order chi connectivity index (χ1) is 11.6. The number of phenols is 1. The minimum Gasteiger partial charge on any atom is -0.508 e. The first kappa shape index (κ1) is 15.3. The van der Waals surface area contributed by atoms with Crippen molar-refractivity contribution in [1.82, 2.24) is 4.90 Å².